The molecule has 0 unspecified atom stereocenters. The third-order valence-electron chi connectivity index (χ3n) is 4.73. The summed E-state index contributed by atoms with van der Waals surface area (Å²) in [5.41, 5.74) is 2.80. The molecular weight excluding hydrogens is 392 g/mol. The molecule has 0 atom stereocenters. The molecule has 152 valence electrons. The maximum atomic E-state index is 12.8. The van der Waals surface area contributed by atoms with E-state index in [2.05, 4.69) is 30.0 Å². The maximum Gasteiger partial charge on any atom is 0.265 e. The van der Waals surface area contributed by atoms with Crippen LogP contribution < -0.4 is 9.62 Å². The lowest BCUT2D eigenvalue weighted by atomic mass is 10.1. The van der Waals surface area contributed by atoms with Crippen LogP contribution in [0.1, 0.15) is 11.4 Å². The smallest absolute Gasteiger partial charge is 0.265 e. The van der Waals surface area contributed by atoms with Crippen LogP contribution in [0.4, 0.5) is 11.5 Å². The van der Waals surface area contributed by atoms with Gasteiger partial charge in [0.25, 0.3) is 10.0 Å². The Bertz CT molecular complexity index is 1090. The predicted octanol–water partition coefficient (Wildman–Crippen LogP) is 2.12. The number of benzene rings is 1. The Balaban J connectivity index is 1.56. The highest BCUT2D eigenvalue weighted by atomic mass is 32.2. The first kappa shape index (κ1) is 19.3. The van der Waals surface area contributed by atoms with Gasteiger partial charge in [-0.15, -0.1) is 10.2 Å². The molecule has 10 heteroatoms. The highest BCUT2D eigenvalue weighted by Crippen LogP contribution is 2.25. The van der Waals surface area contributed by atoms with Crippen molar-refractivity contribution in [2.75, 3.05) is 35.9 Å². The molecule has 0 radical (unpaired) electrons. The molecule has 0 amide bonds. The number of hydrogen-bond acceptors (Lipinski definition) is 7. The van der Waals surface area contributed by atoms with Crippen molar-refractivity contribution in [3.05, 3.63) is 47.8 Å². The van der Waals surface area contributed by atoms with Gasteiger partial charge in [0.15, 0.2) is 5.82 Å². The molecule has 29 heavy (non-hydrogen) atoms. The molecule has 0 saturated carbocycles. The number of aryl methyl sites for hydroxylation is 2. The fourth-order valence-corrected chi connectivity index (χ4v) is 4.75. The lowest BCUT2D eigenvalue weighted by molar-refractivity contribution is 0.122. The van der Waals surface area contributed by atoms with E-state index < -0.39 is 10.0 Å². The lowest BCUT2D eigenvalue weighted by Crippen LogP contribution is -2.36. The third-order valence-corrected chi connectivity index (χ3v) is 6.37. The molecule has 1 aliphatic heterocycles. The molecule has 3 aromatic rings. The number of nitrogens with one attached hydrogen (secondary N) is 2. The van der Waals surface area contributed by atoms with Gasteiger partial charge in [-0.2, -0.15) is 5.10 Å². The Kier molecular flexibility index (Phi) is 5.20. The molecule has 9 nitrogen and oxygen atoms in total. The number of hydrogen-bond donors (Lipinski definition) is 2. The maximum absolute atomic E-state index is 12.8. The van der Waals surface area contributed by atoms with Crippen LogP contribution in [0, 0.1) is 13.8 Å². The predicted molar refractivity (Wildman–Crippen MR) is 109 cm³/mol. The number of rotatable bonds is 5. The number of nitrogens with zero attached hydrogens (tertiary/aromatic N) is 4. The van der Waals surface area contributed by atoms with Gasteiger partial charge in [0.2, 0.25) is 0 Å². The fourth-order valence-electron chi connectivity index (χ4n) is 3.33. The van der Waals surface area contributed by atoms with Crippen LogP contribution in [0.25, 0.3) is 11.3 Å². The highest BCUT2D eigenvalue weighted by molar-refractivity contribution is 7.92. The summed E-state index contributed by atoms with van der Waals surface area (Å²) in [5, 5.41) is 15.3. The number of sulfonamides is 1. The lowest BCUT2D eigenvalue weighted by Gasteiger charge is -2.27. The Labute approximate surface area is 169 Å². The number of ether oxygens (including phenoxy) is 1. The zero-order valence-electron chi connectivity index (χ0n) is 16.2. The second kappa shape index (κ2) is 7.80. The second-order valence-electron chi connectivity index (χ2n) is 6.83. The number of H-pyrrole nitrogens is 1. The summed E-state index contributed by atoms with van der Waals surface area (Å²) in [5.74, 6) is 0.805. The van der Waals surface area contributed by atoms with Crippen molar-refractivity contribution in [1.29, 1.82) is 0 Å². The van der Waals surface area contributed by atoms with E-state index in [0.717, 1.165) is 24.5 Å². The van der Waals surface area contributed by atoms with Gasteiger partial charge in [-0.25, -0.2) is 8.42 Å². The Hall–Kier alpha value is -2.98. The SMILES string of the molecule is Cc1n[nH]c(C)c1S(=O)(=O)Nc1cccc(-c2ccc(N3CCOCC3)nn2)c1. The van der Waals surface area contributed by atoms with E-state index in [9.17, 15) is 8.42 Å². The van der Waals surface area contributed by atoms with Gasteiger partial charge in [-0.05, 0) is 38.1 Å². The summed E-state index contributed by atoms with van der Waals surface area (Å²) in [4.78, 5) is 2.29. The Morgan fingerprint density at radius 1 is 1.10 bits per heavy atom. The van der Waals surface area contributed by atoms with E-state index in [-0.39, 0.29) is 4.90 Å². The molecule has 1 aliphatic rings. The molecule has 2 N–H and O–H groups in total. The summed E-state index contributed by atoms with van der Waals surface area (Å²) in [7, 11) is -3.75. The van der Waals surface area contributed by atoms with E-state index >= 15 is 0 Å². The summed E-state index contributed by atoms with van der Waals surface area (Å²) in [6, 6.07) is 10.9. The molecule has 1 fully saturated rings. The normalized spacial score (nSPS) is 14.8. The largest absolute Gasteiger partial charge is 0.378 e. The molecule has 0 aliphatic carbocycles. The quantitative estimate of drug-likeness (QED) is 0.657. The van der Waals surface area contributed by atoms with Crippen LogP contribution >= 0.6 is 0 Å². The zero-order valence-corrected chi connectivity index (χ0v) is 17.0. The van der Waals surface area contributed by atoms with Crippen molar-refractivity contribution >= 4 is 21.5 Å². The summed E-state index contributed by atoms with van der Waals surface area (Å²) < 4.78 is 33.5. The standard InChI is InChI=1S/C19H22N6O3S/c1-13-19(14(2)21-20-13)29(26,27)24-16-5-3-4-15(12-16)17-6-7-18(23-22-17)25-8-10-28-11-9-25/h3-7,12,24H,8-11H2,1-2H3,(H,20,21). The number of morpholine rings is 1. The fraction of sp³-hybridized carbons (Fsp3) is 0.316. The van der Waals surface area contributed by atoms with Crippen LogP contribution in [-0.4, -0.2) is 55.1 Å². The molecule has 3 heterocycles. The van der Waals surface area contributed by atoms with Crippen LogP contribution in [0.2, 0.25) is 0 Å². The van der Waals surface area contributed by atoms with Crippen LogP contribution in [0.5, 0.6) is 0 Å². The monoisotopic (exact) mass is 414 g/mol. The topological polar surface area (TPSA) is 113 Å². The van der Waals surface area contributed by atoms with Crippen LogP contribution in [-0.2, 0) is 14.8 Å². The van der Waals surface area contributed by atoms with Gasteiger partial charge >= 0.3 is 0 Å². The van der Waals surface area contributed by atoms with E-state index in [1.807, 2.05) is 18.2 Å². The van der Waals surface area contributed by atoms with E-state index in [0.29, 0.717) is 36.0 Å². The van der Waals surface area contributed by atoms with Crippen molar-refractivity contribution < 1.29 is 13.2 Å². The first-order chi connectivity index (χ1) is 13.9. The summed E-state index contributed by atoms with van der Waals surface area (Å²) in [6.45, 7) is 6.27. The van der Waals surface area contributed by atoms with E-state index in [1.54, 1.807) is 32.0 Å². The minimum absolute atomic E-state index is 0.164. The number of aromatic nitrogens is 4. The van der Waals surface area contributed by atoms with Gasteiger partial charge < -0.3 is 9.64 Å². The molecule has 2 aromatic heterocycles. The average molecular weight is 414 g/mol. The Morgan fingerprint density at radius 3 is 2.55 bits per heavy atom. The van der Waals surface area contributed by atoms with E-state index in [4.69, 9.17) is 4.74 Å². The average Bonchev–Trinajstić information content (AvgIpc) is 3.08. The highest BCUT2D eigenvalue weighted by Gasteiger charge is 2.22. The molecule has 1 aromatic carbocycles. The first-order valence-corrected chi connectivity index (χ1v) is 10.7. The second-order valence-corrected chi connectivity index (χ2v) is 8.44. The van der Waals surface area contributed by atoms with Gasteiger partial charge in [-0.3, -0.25) is 9.82 Å². The molecule has 0 bridgehead atoms. The summed E-state index contributed by atoms with van der Waals surface area (Å²) >= 11 is 0. The van der Waals surface area contributed by atoms with Crippen molar-refractivity contribution in [3.63, 3.8) is 0 Å². The summed E-state index contributed by atoms with van der Waals surface area (Å²) in [6.07, 6.45) is 0. The van der Waals surface area contributed by atoms with E-state index in [1.165, 1.54) is 0 Å². The van der Waals surface area contributed by atoms with Gasteiger partial charge in [0, 0.05) is 24.3 Å². The molecular formula is C19H22N6O3S. The minimum Gasteiger partial charge on any atom is -0.378 e. The van der Waals surface area contributed by atoms with Gasteiger partial charge in [-0.1, -0.05) is 12.1 Å². The Morgan fingerprint density at radius 2 is 1.90 bits per heavy atom. The van der Waals surface area contributed by atoms with Crippen LogP contribution in [0.3, 0.4) is 0 Å². The molecule has 1 saturated heterocycles. The van der Waals surface area contributed by atoms with Crippen molar-refractivity contribution in [2.45, 2.75) is 18.7 Å². The third kappa shape index (κ3) is 4.08. The number of aromatic amines is 1. The van der Waals surface area contributed by atoms with Crippen molar-refractivity contribution in [3.8, 4) is 11.3 Å². The van der Waals surface area contributed by atoms with Crippen LogP contribution in [0.15, 0.2) is 41.3 Å². The van der Waals surface area contributed by atoms with Crippen molar-refractivity contribution in [2.24, 2.45) is 0 Å². The minimum atomic E-state index is -3.75. The molecule has 4 rings (SSSR count). The zero-order chi connectivity index (χ0) is 20.4. The van der Waals surface area contributed by atoms with Gasteiger partial charge in [0.05, 0.1) is 30.3 Å². The first-order valence-electron chi connectivity index (χ1n) is 9.25. The van der Waals surface area contributed by atoms with Gasteiger partial charge in [0.1, 0.15) is 4.90 Å². The number of anilines is 2. The molecule has 0 spiro atoms. The van der Waals surface area contributed by atoms with Crippen molar-refractivity contribution in [1.82, 2.24) is 20.4 Å².